The second-order valence-electron chi connectivity index (χ2n) is 5.66. The molecule has 0 atom stereocenters. The van der Waals surface area contributed by atoms with Gasteiger partial charge >= 0.3 is 0 Å². The van der Waals surface area contributed by atoms with Crippen LogP contribution in [-0.2, 0) is 0 Å². The first-order chi connectivity index (χ1) is 13.0. The highest BCUT2D eigenvalue weighted by Crippen LogP contribution is 2.35. The van der Waals surface area contributed by atoms with Gasteiger partial charge in [0.15, 0.2) is 0 Å². The van der Waals surface area contributed by atoms with Gasteiger partial charge in [-0.25, -0.2) is 4.98 Å². The Kier molecular flexibility index (Phi) is 4.99. The quantitative estimate of drug-likeness (QED) is 0.539. The molecule has 1 heterocycles. The zero-order valence-electron chi connectivity index (χ0n) is 14.5. The maximum atomic E-state index is 11.3. The van der Waals surface area contributed by atoms with Gasteiger partial charge in [-0.2, -0.15) is 5.26 Å². The molecule has 2 aromatic carbocycles. The Morgan fingerprint density at radius 2 is 1.89 bits per heavy atom. The third-order valence-electron chi connectivity index (χ3n) is 4.01. The molecule has 0 radical (unpaired) electrons. The van der Waals surface area contributed by atoms with Crippen molar-refractivity contribution in [3.05, 3.63) is 70.3 Å². The first kappa shape index (κ1) is 17.9. The van der Waals surface area contributed by atoms with Gasteiger partial charge in [0, 0.05) is 11.6 Å². The Labute approximate surface area is 155 Å². The second-order valence-corrected chi connectivity index (χ2v) is 5.66. The predicted molar refractivity (Wildman–Crippen MR) is 102 cm³/mol. The van der Waals surface area contributed by atoms with E-state index in [1.807, 2.05) is 19.1 Å². The van der Waals surface area contributed by atoms with Crippen LogP contribution >= 0.6 is 0 Å². The molecule has 0 bridgehead atoms. The van der Waals surface area contributed by atoms with E-state index >= 15 is 0 Å². The topological polar surface area (TPSA) is 115 Å². The van der Waals surface area contributed by atoms with Crippen LogP contribution in [0.15, 0.2) is 54.6 Å². The van der Waals surface area contributed by atoms with Crippen LogP contribution in [-0.4, -0.2) is 16.5 Å². The lowest BCUT2D eigenvalue weighted by Crippen LogP contribution is -2.01. The Morgan fingerprint density at radius 3 is 2.52 bits per heavy atom. The number of pyridine rings is 1. The minimum Gasteiger partial charge on any atom is -0.494 e. The van der Waals surface area contributed by atoms with Crippen LogP contribution in [0.4, 0.5) is 11.5 Å². The molecule has 0 aliphatic heterocycles. The van der Waals surface area contributed by atoms with Crippen molar-refractivity contribution in [1.82, 2.24) is 4.98 Å². The molecule has 0 aliphatic carbocycles. The number of benzene rings is 2. The maximum Gasteiger partial charge on any atom is 0.278 e. The monoisotopic (exact) mass is 360 g/mol. The van der Waals surface area contributed by atoms with Gasteiger partial charge in [-0.15, -0.1) is 0 Å². The van der Waals surface area contributed by atoms with E-state index in [-0.39, 0.29) is 17.1 Å². The van der Waals surface area contributed by atoms with Crippen LogP contribution < -0.4 is 10.5 Å². The van der Waals surface area contributed by atoms with Crippen molar-refractivity contribution in [2.45, 2.75) is 6.92 Å². The summed E-state index contributed by atoms with van der Waals surface area (Å²) < 4.78 is 5.44. The van der Waals surface area contributed by atoms with Crippen molar-refractivity contribution >= 4 is 11.5 Å². The van der Waals surface area contributed by atoms with Gasteiger partial charge in [-0.3, -0.25) is 10.1 Å². The molecule has 27 heavy (non-hydrogen) atoms. The number of ether oxygens (including phenoxy) is 1. The van der Waals surface area contributed by atoms with Crippen LogP contribution in [0, 0.1) is 21.4 Å². The molecule has 1 aromatic heterocycles. The number of nitrogen functional groups attached to an aromatic ring is 1. The summed E-state index contributed by atoms with van der Waals surface area (Å²) in [7, 11) is 0. The fourth-order valence-electron chi connectivity index (χ4n) is 2.79. The van der Waals surface area contributed by atoms with E-state index in [2.05, 4.69) is 11.1 Å². The number of hydrogen-bond donors (Lipinski definition) is 1. The highest BCUT2D eigenvalue weighted by atomic mass is 16.6. The van der Waals surface area contributed by atoms with Crippen LogP contribution in [0.3, 0.4) is 0 Å². The summed E-state index contributed by atoms with van der Waals surface area (Å²) in [4.78, 5) is 15.1. The Bertz CT molecular complexity index is 1040. The molecular weight excluding hydrogens is 344 g/mol. The fraction of sp³-hybridized carbons (Fsp3) is 0.100. The number of nitro benzene ring substituents is 1. The lowest BCUT2D eigenvalue weighted by Gasteiger charge is -2.11. The largest absolute Gasteiger partial charge is 0.494 e. The van der Waals surface area contributed by atoms with E-state index in [0.29, 0.717) is 29.2 Å². The highest BCUT2D eigenvalue weighted by Gasteiger charge is 2.19. The van der Waals surface area contributed by atoms with Crippen LogP contribution in [0.1, 0.15) is 12.5 Å². The second kappa shape index (κ2) is 7.54. The molecule has 7 heteroatoms. The van der Waals surface area contributed by atoms with Gasteiger partial charge in [-0.05, 0) is 36.8 Å². The zero-order valence-corrected chi connectivity index (χ0v) is 14.5. The van der Waals surface area contributed by atoms with Crippen molar-refractivity contribution in [2.24, 2.45) is 0 Å². The summed E-state index contributed by atoms with van der Waals surface area (Å²) in [6, 6.07) is 17.2. The number of para-hydroxylation sites is 1. The maximum absolute atomic E-state index is 11.3. The Balaban J connectivity index is 2.18. The third-order valence-corrected chi connectivity index (χ3v) is 4.01. The summed E-state index contributed by atoms with van der Waals surface area (Å²) >= 11 is 0. The zero-order chi connectivity index (χ0) is 19.4. The molecule has 0 unspecified atom stereocenters. The lowest BCUT2D eigenvalue weighted by molar-refractivity contribution is -0.384. The summed E-state index contributed by atoms with van der Waals surface area (Å²) in [5.74, 6) is 0.734. The summed E-state index contributed by atoms with van der Waals surface area (Å²) in [5.41, 5.74) is 8.10. The number of anilines is 1. The molecule has 0 aliphatic rings. The number of nitrogens with two attached hydrogens (primary N) is 1. The average Bonchev–Trinajstić information content (AvgIpc) is 2.68. The standard InChI is InChI=1S/C20H16N4O3/c1-2-27-14-9-7-13(8-10-14)16-11-18(23-20(22)17(16)12-21)15-5-3-4-6-19(15)24(25)26/h3-11H,2H2,1H3,(H2,22,23). The molecule has 3 aromatic rings. The van der Waals surface area contributed by atoms with Gasteiger partial charge in [0.2, 0.25) is 0 Å². The first-order valence-electron chi connectivity index (χ1n) is 8.22. The minimum atomic E-state index is -0.470. The van der Waals surface area contributed by atoms with E-state index < -0.39 is 4.92 Å². The molecule has 134 valence electrons. The lowest BCUT2D eigenvalue weighted by atomic mass is 9.98. The molecule has 0 saturated carbocycles. The molecule has 0 spiro atoms. The SMILES string of the molecule is CCOc1ccc(-c2cc(-c3ccccc3[N+](=O)[O-])nc(N)c2C#N)cc1. The van der Waals surface area contributed by atoms with E-state index in [4.69, 9.17) is 10.5 Å². The van der Waals surface area contributed by atoms with Crippen molar-refractivity contribution in [2.75, 3.05) is 12.3 Å². The number of aromatic nitrogens is 1. The smallest absolute Gasteiger partial charge is 0.278 e. The van der Waals surface area contributed by atoms with E-state index in [0.717, 1.165) is 5.56 Å². The number of hydrogen-bond acceptors (Lipinski definition) is 6. The van der Waals surface area contributed by atoms with Gasteiger partial charge < -0.3 is 10.5 Å². The Hall–Kier alpha value is -3.92. The van der Waals surface area contributed by atoms with Gasteiger partial charge in [0.25, 0.3) is 5.69 Å². The molecule has 0 fully saturated rings. The summed E-state index contributed by atoms with van der Waals surface area (Å²) in [6.45, 7) is 2.44. The average molecular weight is 360 g/mol. The Morgan fingerprint density at radius 1 is 1.19 bits per heavy atom. The first-order valence-corrected chi connectivity index (χ1v) is 8.22. The minimum absolute atomic E-state index is 0.0250. The van der Waals surface area contributed by atoms with Crippen molar-refractivity contribution in [1.29, 1.82) is 5.26 Å². The summed E-state index contributed by atoms with van der Waals surface area (Å²) in [5, 5.41) is 20.8. The van der Waals surface area contributed by atoms with Gasteiger partial charge in [0.1, 0.15) is 23.2 Å². The predicted octanol–water partition coefficient (Wildman–Crippen LogP) is 4.18. The van der Waals surface area contributed by atoms with Crippen molar-refractivity contribution in [3.8, 4) is 34.2 Å². The van der Waals surface area contributed by atoms with E-state index in [9.17, 15) is 15.4 Å². The molecule has 3 rings (SSSR count). The highest BCUT2D eigenvalue weighted by molar-refractivity contribution is 5.82. The van der Waals surface area contributed by atoms with E-state index in [1.54, 1.807) is 36.4 Å². The van der Waals surface area contributed by atoms with Crippen LogP contribution in [0.25, 0.3) is 22.4 Å². The van der Waals surface area contributed by atoms with Crippen molar-refractivity contribution in [3.63, 3.8) is 0 Å². The number of rotatable bonds is 5. The molecule has 2 N–H and O–H groups in total. The molecule has 0 amide bonds. The van der Waals surface area contributed by atoms with Crippen LogP contribution in [0.2, 0.25) is 0 Å². The fourth-order valence-corrected chi connectivity index (χ4v) is 2.79. The number of nitro groups is 1. The van der Waals surface area contributed by atoms with Crippen molar-refractivity contribution < 1.29 is 9.66 Å². The molecule has 0 saturated heterocycles. The summed E-state index contributed by atoms with van der Waals surface area (Å²) in [6.07, 6.45) is 0. The molecular formula is C20H16N4O3. The third kappa shape index (κ3) is 3.55. The van der Waals surface area contributed by atoms with Crippen LogP contribution in [0.5, 0.6) is 5.75 Å². The number of nitriles is 1. The normalized spacial score (nSPS) is 10.2. The molecule has 7 nitrogen and oxygen atoms in total. The number of nitrogens with zero attached hydrogens (tertiary/aromatic N) is 3. The van der Waals surface area contributed by atoms with Gasteiger partial charge in [0.05, 0.1) is 22.8 Å². The van der Waals surface area contributed by atoms with E-state index in [1.165, 1.54) is 6.07 Å². The van der Waals surface area contributed by atoms with Gasteiger partial charge in [-0.1, -0.05) is 24.3 Å².